The number of aromatic nitrogens is 3. The van der Waals surface area contributed by atoms with E-state index >= 15 is 0 Å². The molecule has 3 fully saturated rings. The van der Waals surface area contributed by atoms with Crippen LogP contribution in [-0.4, -0.2) is 135 Å². The Morgan fingerprint density at radius 2 is 1.70 bits per heavy atom. The van der Waals surface area contributed by atoms with E-state index in [-0.39, 0.29) is 73.7 Å². The van der Waals surface area contributed by atoms with Gasteiger partial charge >= 0.3 is 0 Å². The lowest BCUT2D eigenvalue weighted by atomic mass is 10.0. The summed E-state index contributed by atoms with van der Waals surface area (Å²) in [4.78, 5) is 106. The minimum Gasteiger partial charge on any atom is -0.383 e. The van der Waals surface area contributed by atoms with Crippen molar-refractivity contribution in [3.63, 3.8) is 0 Å². The molecule has 0 radical (unpaired) electrons. The lowest BCUT2D eigenvalue weighted by Gasteiger charge is -2.34. The Morgan fingerprint density at radius 3 is 2.50 bits per heavy atom. The van der Waals surface area contributed by atoms with Crippen molar-refractivity contribution < 1.29 is 33.6 Å². The third-order valence-corrected chi connectivity index (χ3v) is 11.1. The fraction of sp³-hybridized carbons (Fsp3) is 0.375. The molecule has 2 aromatic heterocycles. The molecule has 3 unspecified atom stereocenters. The number of benzene rings is 2. The summed E-state index contributed by atoms with van der Waals surface area (Å²) in [6.07, 6.45) is 3.46. The number of aromatic amines is 1. The van der Waals surface area contributed by atoms with Crippen LogP contribution >= 0.6 is 0 Å². The second kappa shape index (κ2) is 17.6. The molecule has 7 amide bonds. The first-order chi connectivity index (χ1) is 29.1. The van der Waals surface area contributed by atoms with Crippen LogP contribution in [0.5, 0.6) is 0 Å². The summed E-state index contributed by atoms with van der Waals surface area (Å²) in [7, 11) is 0. The number of piperidine rings is 1. The summed E-state index contributed by atoms with van der Waals surface area (Å²) in [6.45, 7) is 4.11. The normalized spacial score (nSPS) is 20.6. The number of imide groups is 2. The lowest BCUT2D eigenvalue weighted by molar-refractivity contribution is -0.136. The zero-order chi connectivity index (χ0) is 41.8. The maximum absolute atomic E-state index is 13.3. The first kappa shape index (κ1) is 40.0. The fourth-order valence-corrected chi connectivity index (χ4v) is 7.90. The third kappa shape index (κ3) is 8.65. The van der Waals surface area contributed by atoms with Crippen LogP contribution in [0, 0.1) is 0 Å². The van der Waals surface area contributed by atoms with Crippen molar-refractivity contribution in [2.75, 3.05) is 61.8 Å². The number of amides is 7. The summed E-state index contributed by atoms with van der Waals surface area (Å²) in [5.74, 6) is -2.26. The highest BCUT2D eigenvalue weighted by Gasteiger charge is 2.45. The van der Waals surface area contributed by atoms with Gasteiger partial charge in [-0.3, -0.25) is 54.1 Å². The first-order valence-corrected chi connectivity index (χ1v) is 19.9. The Balaban J connectivity index is 0.723. The van der Waals surface area contributed by atoms with Gasteiger partial charge in [0.15, 0.2) is 0 Å². The van der Waals surface area contributed by atoms with E-state index in [1.807, 2.05) is 30.3 Å². The van der Waals surface area contributed by atoms with Gasteiger partial charge in [-0.15, -0.1) is 0 Å². The van der Waals surface area contributed by atoms with E-state index in [1.165, 1.54) is 12.4 Å². The SMILES string of the molecule is O=C(CCC(=O)N1CCN(Cc2ccc(NC(=O)C3NNCC3Nc3ncnc4[nH]ccc34)cc2)CC1)NCCNc1cccc2c1C(=O)N(C1CCC(=O)NC1=O)C2=O. The molecule has 20 heteroatoms. The van der Waals surface area contributed by atoms with E-state index in [0.29, 0.717) is 62.1 Å². The second-order valence-corrected chi connectivity index (χ2v) is 15.0. The summed E-state index contributed by atoms with van der Waals surface area (Å²) in [5.41, 5.74) is 9.26. The van der Waals surface area contributed by atoms with Crippen LogP contribution in [0.4, 0.5) is 17.2 Å². The molecule has 6 heterocycles. The van der Waals surface area contributed by atoms with Gasteiger partial charge in [-0.25, -0.2) is 15.4 Å². The minimum atomic E-state index is -1.06. The number of hydrogen-bond acceptors (Lipinski definition) is 14. The van der Waals surface area contributed by atoms with Crippen LogP contribution in [0.2, 0.25) is 0 Å². The number of H-pyrrole nitrogens is 1. The maximum atomic E-state index is 13.3. The molecule has 0 aliphatic carbocycles. The van der Waals surface area contributed by atoms with Gasteiger partial charge in [0.25, 0.3) is 11.8 Å². The molecule has 0 bridgehead atoms. The minimum absolute atomic E-state index is 0.0279. The Hall–Kier alpha value is -6.77. The lowest BCUT2D eigenvalue weighted by Crippen LogP contribution is -2.54. The predicted octanol–water partition coefficient (Wildman–Crippen LogP) is -0.0926. The largest absolute Gasteiger partial charge is 0.383 e. The molecule has 8 rings (SSSR count). The first-order valence-electron chi connectivity index (χ1n) is 19.9. The predicted molar refractivity (Wildman–Crippen MR) is 217 cm³/mol. The van der Waals surface area contributed by atoms with Gasteiger partial charge < -0.3 is 31.2 Å². The van der Waals surface area contributed by atoms with Crippen LogP contribution in [0.1, 0.15) is 52.0 Å². The molecule has 4 aliphatic rings. The second-order valence-electron chi connectivity index (χ2n) is 15.0. The van der Waals surface area contributed by atoms with Crippen LogP contribution in [0.25, 0.3) is 11.0 Å². The van der Waals surface area contributed by atoms with Crippen molar-refractivity contribution in [2.45, 2.75) is 50.4 Å². The molecule has 0 saturated carbocycles. The molecule has 8 N–H and O–H groups in total. The molecule has 2 aromatic carbocycles. The number of nitrogens with zero attached hydrogens (tertiary/aromatic N) is 5. The van der Waals surface area contributed by atoms with Gasteiger partial charge in [0.2, 0.25) is 29.5 Å². The van der Waals surface area contributed by atoms with Crippen molar-refractivity contribution in [3.05, 3.63) is 77.7 Å². The van der Waals surface area contributed by atoms with Crippen LogP contribution in [-0.2, 0) is 30.5 Å². The highest BCUT2D eigenvalue weighted by atomic mass is 16.2. The molecular weight excluding hydrogens is 775 g/mol. The van der Waals surface area contributed by atoms with Crippen molar-refractivity contribution in [3.8, 4) is 0 Å². The number of rotatable bonds is 14. The third-order valence-electron chi connectivity index (χ3n) is 11.1. The van der Waals surface area contributed by atoms with E-state index in [4.69, 9.17) is 0 Å². The number of carbonyl (C=O) groups excluding carboxylic acids is 7. The van der Waals surface area contributed by atoms with Gasteiger partial charge in [-0.2, -0.15) is 0 Å². The summed E-state index contributed by atoms with van der Waals surface area (Å²) < 4.78 is 0. The number of hydrazine groups is 1. The van der Waals surface area contributed by atoms with E-state index < -0.39 is 35.7 Å². The Kier molecular flexibility index (Phi) is 11.7. The number of fused-ring (bicyclic) bond motifs is 2. The molecule has 0 spiro atoms. The zero-order valence-corrected chi connectivity index (χ0v) is 32.6. The number of nitrogens with one attached hydrogen (secondary N) is 8. The number of anilines is 3. The molecule has 4 aliphatic heterocycles. The smallest absolute Gasteiger partial charge is 0.264 e. The van der Waals surface area contributed by atoms with Crippen molar-refractivity contribution >= 4 is 69.6 Å². The van der Waals surface area contributed by atoms with E-state index in [9.17, 15) is 33.6 Å². The van der Waals surface area contributed by atoms with E-state index in [0.717, 1.165) is 15.8 Å². The maximum Gasteiger partial charge on any atom is 0.264 e. The number of carbonyl (C=O) groups is 7. The molecular formula is C40H45N13O7. The highest BCUT2D eigenvalue weighted by Crippen LogP contribution is 2.32. The molecule has 3 saturated heterocycles. The Bertz CT molecular complexity index is 2330. The van der Waals surface area contributed by atoms with Gasteiger partial charge in [0, 0.05) is 89.2 Å². The summed E-state index contributed by atoms with van der Waals surface area (Å²) >= 11 is 0. The quantitative estimate of drug-likeness (QED) is 0.0612. The van der Waals surface area contributed by atoms with E-state index in [2.05, 4.69) is 57.3 Å². The van der Waals surface area contributed by atoms with Crippen molar-refractivity contribution in [2.24, 2.45) is 0 Å². The summed E-state index contributed by atoms with van der Waals surface area (Å²) in [5, 5.41) is 15.3. The van der Waals surface area contributed by atoms with Gasteiger partial charge in [0.05, 0.1) is 22.6 Å². The fourth-order valence-electron chi connectivity index (χ4n) is 7.90. The topological polar surface area (TPSA) is 255 Å². The van der Waals surface area contributed by atoms with Crippen molar-refractivity contribution in [1.82, 2.24) is 51.1 Å². The van der Waals surface area contributed by atoms with Crippen LogP contribution < -0.4 is 37.4 Å². The highest BCUT2D eigenvalue weighted by molar-refractivity contribution is 6.25. The van der Waals surface area contributed by atoms with Crippen LogP contribution in [0.15, 0.2) is 61.1 Å². The Labute approximate surface area is 343 Å². The van der Waals surface area contributed by atoms with Gasteiger partial charge in [-0.05, 0) is 42.3 Å². The molecule has 312 valence electrons. The molecule has 60 heavy (non-hydrogen) atoms. The average molecular weight is 820 g/mol. The van der Waals surface area contributed by atoms with Gasteiger partial charge in [-0.1, -0.05) is 18.2 Å². The monoisotopic (exact) mass is 819 g/mol. The van der Waals surface area contributed by atoms with Gasteiger partial charge in [0.1, 0.15) is 29.9 Å². The standard InChI is InChI=1S/C40H45N13O7/c54-30(42-15-14-41-27-3-1-2-25-33(27)40(60)53(39(25)59)29-8-9-31(55)49-37(29)57)10-11-32(56)52-18-16-51(17-19-52)21-23-4-6-24(7-5-23)47-38(58)34-28(20-46-50-34)48-36-26-12-13-43-35(26)44-22-45-36/h1-7,12-13,22,28-29,34,41,46,50H,8-11,14-21H2,(H,42,54)(H,47,58)(H,49,55,57)(H2,43,44,45,48). The van der Waals surface area contributed by atoms with Crippen LogP contribution in [0.3, 0.4) is 0 Å². The molecule has 4 aromatic rings. The average Bonchev–Trinajstić information content (AvgIpc) is 3.99. The molecule has 20 nitrogen and oxygen atoms in total. The molecule has 3 atom stereocenters. The number of piperazine rings is 1. The summed E-state index contributed by atoms with van der Waals surface area (Å²) in [6, 6.07) is 12.5. The van der Waals surface area contributed by atoms with E-state index in [1.54, 1.807) is 23.2 Å². The zero-order valence-electron chi connectivity index (χ0n) is 32.6. The Morgan fingerprint density at radius 1 is 0.883 bits per heavy atom. The number of hydrogen-bond donors (Lipinski definition) is 8. The van der Waals surface area contributed by atoms with Crippen molar-refractivity contribution in [1.29, 1.82) is 0 Å².